The number of nitrogens with zero attached hydrogens (tertiary/aromatic N) is 2. The molecule has 2 aliphatic heterocycles. The van der Waals surface area contributed by atoms with Gasteiger partial charge in [0.25, 0.3) is 0 Å². The average molecular weight is 624 g/mol. The normalized spacial score (nSPS) is 20.5. The van der Waals surface area contributed by atoms with Gasteiger partial charge in [0.05, 0.1) is 16.9 Å². The van der Waals surface area contributed by atoms with Crippen LogP contribution in [-0.4, -0.2) is 34.3 Å². The minimum Gasteiger partial charge on any atom is -0.511 e. The molecular formula is C42H59N2O2+. The van der Waals surface area contributed by atoms with Gasteiger partial charge in [0.15, 0.2) is 11.5 Å². The minimum absolute atomic E-state index is 0.0787. The molecule has 46 heavy (non-hydrogen) atoms. The molecule has 4 heteroatoms. The van der Waals surface area contributed by atoms with Crippen molar-refractivity contribution in [1.82, 2.24) is 0 Å². The summed E-state index contributed by atoms with van der Waals surface area (Å²) >= 11 is 0. The van der Waals surface area contributed by atoms with Crippen LogP contribution >= 0.6 is 0 Å². The van der Waals surface area contributed by atoms with Crippen molar-refractivity contribution >= 4 is 22.9 Å². The van der Waals surface area contributed by atoms with Gasteiger partial charge < -0.3 is 10.0 Å². The number of benzene rings is 2. The molecule has 2 heterocycles. The molecule has 0 radical (unpaired) electrons. The van der Waals surface area contributed by atoms with Crippen LogP contribution in [0.25, 0.3) is 0 Å². The first kappa shape index (κ1) is 34.2. The molecule has 248 valence electrons. The number of para-hydroxylation sites is 2. The number of hydrogen-bond donors (Lipinski definition) is 1. The van der Waals surface area contributed by atoms with Crippen molar-refractivity contribution in [2.24, 2.45) is 5.92 Å². The lowest BCUT2D eigenvalue weighted by molar-refractivity contribution is -0.440. The Morgan fingerprint density at radius 1 is 0.761 bits per heavy atom. The van der Waals surface area contributed by atoms with Crippen LogP contribution in [0.1, 0.15) is 136 Å². The Kier molecular flexibility index (Phi) is 11.0. The number of Topliss-reactive ketones (excluding diaryl/α,β-unsaturated/α-hetero) is 1. The fourth-order valence-corrected chi connectivity index (χ4v) is 8.15. The van der Waals surface area contributed by atoms with Crippen LogP contribution in [0.4, 0.5) is 11.4 Å². The maximum Gasteiger partial charge on any atom is 0.209 e. The SMILES string of the molecule is CCCCCCCCN1C(=CC2=C(O)C(CC3=[N+](CCCCCCCC)c4ccccc4C3(C)C)C2=O)C(C)(C)c2ccccc21. The molecule has 3 aliphatic rings. The van der Waals surface area contributed by atoms with E-state index in [0.29, 0.717) is 12.0 Å². The molecule has 1 atom stereocenters. The number of fused-ring (bicyclic) bond motifs is 2. The van der Waals surface area contributed by atoms with Crippen molar-refractivity contribution < 1.29 is 14.5 Å². The van der Waals surface area contributed by atoms with Gasteiger partial charge in [-0.15, -0.1) is 0 Å². The molecular weight excluding hydrogens is 564 g/mol. The summed E-state index contributed by atoms with van der Waals surface area (Å²) in [5, 5.41) is 11.6. The molecule has 0 amide bonds. The molecule has 1 aliphatic carbocycles. The summed E-state index contributed by atoms with van der Waals surface area (Å²) in [6, 6.07) is 17.4. The third-order valence-corrected chi connectivity index (χ3v) is 11.1. The first-order valence-electron chi connectivity index (χ1n) is 18.4. The Labute approximate surface area is 279 Å². The predicted molar refractivity (Wildman–Crippen MR) is 194 cm³/mol. The van der Waals surface area contributed by atoms with Crippen LogP contribution < -0.4 is 4.90 Å². The zero-order chi connectivity index (χ0) is 32.9. The van der Waals surface area contributed by atoms with Crippen molar-refractivity contribution in [3.05, 3.63) is 82.8 Å². The van der Waals surface area contributed by atoms with E-state index < -0.39 is 5.92 Å². The number of unbranched alkanes of at least 4 members (excludes halogenated alkanes) is 10. The van der Waals surface area contributed by atoms with Gasteiger partial charge in [0.1, 0.15) is 12.3 Å². The molecule has 1 unspecified atom stereocenters. The topological polar surface area (TPSA) is 43.5 Å². The smallest absolute Gasteiger partial charge is 0.209 e. The molecule has 4 nitrogen and oxygen atoms in total. The van der Waals surface area contributed by atoms with Gasteiger partial charge in [0, 0.05) is 47.8 Å². The standard InChI is InChI=1S/C42H58N2O2/c1-7-9-11-13-15-21-27-43-35-25-19-17-23-33(35)41(3,4)37(43)29-31-39(45)32(40(31)46)30-38-42(5,6)34-24-18-20-26-36(34)44(38)28-22-16-14-12-10-8-2/h17-20,23-26,29,32H,7-16,21-22,27-28,30H2,1-6H3/p+1. The second-order valence-corrected chi connectivity index (χ2v) is 15.0. The van der Waals surface area contributed by atoms with Crippen LogP contribution in [0.5, 0.6) is 0 Å². The number of aliphatic hydroxyl groups is 1. The van der Waals surface area contributed by atoms with E-state index in [1.165, 1.54) is 92.4 Å². The van der Waals surface area contributed by atoms with Gasteiger partial charge in [-0.25, -0.2) is 0 Å². The van der Waals surface area contributed by atoms with E-state index >= 15 is 0 Å². The molecule has 2 aromatic carbocycles. The van der Waals surface area contributed by atoms with E-state index in [1.54, 1.807) is 0 Å². The second-order valence-electron chi connectivity index (χ2n) is 15.0. The molecule has 0 spiro atoms. The zero-order valence-corrected chi connectivity index (χ0v) is 29.6. The van der Waals surface area contributed by atoms with E-state index in [9.17, 15) is 9.90 Å². The highest BCUT2D eigenvalue weighted by atomic mass is 16.3. The van der Waals surface area contributed by atoms with E-state index in [1.807, 2.05) is 6.08 Å². The number of allylic oxidation sites excluding steroid dienone is 4. The van der Waals surface area contributed by atoms with Crippen molar-refractivity contribution in [2.45, 2.75) is 136 Å². The van der Waals surface area contributed by atoms with Gasteiger partial charge in [-0.1, -0.05) is 122 Å². The number of carbonyl (C=O) groups excluding carboxylic acids is 1. The van der Waals surface area contributed by atoms with E-state index in [4.69, 9.17) is 0 Å². The number of anilines is 1. The number of hydrogen-bond acceptors (Lipinski definition) is 3. The summed E-state index contributed by atoms with van der Waals surface area (Å²) in [6.07, 6.45) is 17.6. The van der Waals surface area contributed by atoms with Gasteiger partial charge in [-0.3, -0.25) is 4.79 Å². The van der Waals surface area contributed by atoms with Crippen molar-refractivity contribution in [3.63, 3.8) is 0 Å². The first-order valence-corrected chi connectivity index (χ1v) is 18.4. The Balaban J connectivity index is 1.38. The number of carbonyl (C=O) groups is 1. The van der Waals surface area contributed by atoms with Crippen LogP contribution in [0.3, 0.4) is 0 Å². The Morgan fingerprint density at radius 3 is 2.02 bits per heavy atom. The quantitative estimate of drug-likeness (QED) is 0.141. The summed E-state index contributed by atoms with van der Waals surface area (Å²) in [5.41, 5.74) is 7.59. The van der Waals surface area contributed by atoms with E-state index in [0.717, 1.165) is 31.6 Å². The molecule has 1 N–H and O–H groups in total. The first-order chi connectivity index (χ1) is 22.1. The fraction of sp³-hybridized carbons (Fsp3) is 0.571. The summed E-state index contributed by atoms with van der Waals surface area (Å²) in [6.45, 7) is 15.5. The summed E-state index contributed by atoms with van der Waals surface area (Å²) in [5.74, 6) is -0.126. The lowest BCUT2D eigenvalue weighted by Gasteiger charge is -2.32. The maximum atomic E-state index is 13.9. The highest BCUT2D eigenvalue weighted by Crippen LogP contribution is 2.50. The van der Waals surface area contributed by atoms with E-state index in [2.05, 4.69) is 99.5 Å². The molecule has 0 fully saturated rings. The van der Waals surface area contributed by atoms with Crippen molar-refractivity contribution in [2.75, 3.05) is 18.0 Å². The summed E-state index contributed by atoms with van der Waals surface area (Å²) in [7, 11) is 0. The maximum absolute atomic E-state index is 13.9. The average Bonchev–Trinajstić information content (AvgIpc) is 3.40. The van der Waals surface area contributed by atoms with Gasteiger partial charge in [-0.2, -0.15) is 4.58 Å². The minimum atomic E-state index is -0.471. The monoisotopic (exact) mass is 623 g/mol. The summed E-state index contributed by atoms with van der Waals surface area (Å²) < 4.78 is 2.48. The number of rotatable bonds is 17. The lowest BCUT2D eigenvalue weighted by Crippen LogP contribution is -2.39. The van der Waals surface area contributed by atoms with Gasteiger partial charge in [0.2, 0.25) is 5.69 Å². The summed E-state index contributed by atoms with van der Waals surface area (Å²) in [4.78, 5) is 16.4. The largest absolute Gasteiger partial charge is 0.511 e. The van der Waals surface area contributed by atoms with E-state index in [-0.39, 0.29) is 22.4 Å². The van der Waals surface area contributed by atoms with Crippen LogP contribution in [0, 0.1) is 5.92 Å². The van der Waals surface area contributed by atoms with Crippen LogP contribution in [0.15, 0.2) is 71.6 Å². The van der Waals surface area contributed by atoms with Crippen molar-refractivity contribution in [1.29, 1.82) is 0 Å². The Hall–Kier alpha value is -3.14. The van der Waals surface area contributed by atoms with Crippen LogP contribution in [0.2, 0.25) is 0 Å². The second kappa shape index (κ2) is 14.7. The highest BCUT2D eigenvalue weighted by Gasteiger charge is 2.50. The highest BCUT2D eigenvalue weighted by molar-refractivity contribution is 6.11. The third-order valence-electron chi connectivity index (χ3n) is 11.1. The fourth-order valence-electron chi connectivity index (χ4n) is 8.15. The molecule has 5 rings (SSSR count). The Bertz CT molecular complexity index is 1490. The van der Waals surface area contributed by atoms with Crippen molar-refractivity contribution in [3.8, 4) is 0 Å². The number of ketones is 1. The predicted octanol–water partition coefficient (Wildman–Crippen LogP) is 10.9. The van der Waals surface area contributed by atoms with Gasteiger partial charge >= 0.3 is 0 Å². The third kappa shape index (κ3) is 6.64. The molecule has 0 saturated carbocycles. The lowest BCUT2D eigenvalue weighted by atomic mass is 9.72. The molecule has 0 saturated heterocycles. The molecule has 2 aromatic rings. The zero-order valence-electron chi connectivity index (χ0n) is 29.6. The van der Waals surface area contributed by atoms with Crippen LogP contribution in [-0.2, 0) is 15.6 Å². The number of aliphatic hydroxyl groups excluding tert-OH is 1. The Morgan fingerprint density at radius 2 is 1.35 bits per heavy atom. The molecule has 0 aromatic heterocycles. The molecule has 0 bridgehead atoms. The van der Waals surface area contributed by atoms with Gasteiger partial charge in [-0.05, 0) is 44.4 Å².